The van der Waals surface area contributed by atoms with E-state index in [4.69, 9.17) is 9.47 Å². The van der Waals surface area contributed by atoms with Gasteiger partial charge in [-0.2, -0.15) is 0 Å². The molecule has 0 saturated carbocycles. The smallest absolute Gasteiger partial charge is 0.241 e. The number of sulfonamides is 1. The molecular formula is C14H21BrN2O4S. The molecule has 1 aliphatic rings. The number of nitrogens with one attached hydrogen (secondary N) is 2. The van der Waals surface area contributed by atoms with Gasteiger partial charge in [-0.15, -0.1) is 0 Å². The molecule has 6 nitrogen and oxygen atoms in total. The van der Waals surface area contributed by atoms with E-state index in [1.54, 1.807) is 6.07 Å². The fourth-order valence-electron chi connectivity index (χ4n) is 2.44. The normalized spacial score (nSPS) is 19.0. The van der Waals surface area contributed by atoms with E-state index in [1.807, 2.05) is 0 Å². The summed E-state index contributed by atoms with van der Waals surface area (Å²) in [6.45, 7) is 2.27. The number of halogens is 1. The highest BCUT2D eigenvalue weighted by Gasteiger charge is 2.23. The Kier molecular flexibility index (Phi) is 6.08. The van der Waals surface area contributed by atoms with Crippen LogP contribution in [0.15, 0.2) is 21.5 Å². The molecule has 8 heteroatoms. The van der Waals surface area contributed by atoms with E-state index in [2.05, 4.69) is 26.0 Å². The molecular weight excluding hydrogens is 372 g/mol. The van der Waals surface area contributed by atoms with Gasteiger partial charge < -0.3 is 14.8 Å². The maximum absolute atomic E-state index is 12.5. The Morgan fingerprint density at radius 3 is 2.59 bits per heavy atom. The van der Waals surface area contributed by atoms with Gasteiger partial charge in [0.25, 0.3) is 0 Å². The second-order valence-corrected chi connectivity index (χ2v) is 7.79. The van der Waals surface area contributed by atoms with Crippen molar-refractivity contribution >= 4 is 26.0 Å². The Hall–Kier alpha value is -0.830. The van der Waals surface area contributed by atoms with Gasteiger partial charge in [0.15, 0.2) is 11.5 Å². The Bertz CT molecular complexity index is 616. The largest absolute Gasteiger partial charge is 0.493 e. The van der Waals surface area contributed by atoms with Gasteiger partial charge in [-0.05, 0) is 53.8 Å². The highest BCUT2D eigenvalue weighted by atomic mass is 79.9. The van der Waals surface area contributed by atoms with Crippen LogP contribution in [0.2, 0.25) is 0 Å². The van der Waals surface area contributed by atoms with Gasteiger partial charge in [-0.25, -0.2) is 13.1 Å². The molecule has 1 aliphatic heterocycles. The van der Waals surface area contributed by atoms with Gasteiger partial charge in [0.1, 0.15) is 4.90 Å². The van der Waals surface area contributed by atoms with E-state index in [1.165, 1.54) is 20.3 Å². The van der Waals surface area contributed by atoms with Crippen molar-refractivity contribution in [3.63, 3.8) is 0 Å². The second kappa shape index (κ2) is 7.63. The van der Waals surface area contributed by atoms with Crippen LogP contribution in [0.4, 0.5) is 0 Å². The van der Waals surface area contributed by atoms with E-state index >= 15 is 0 Å². The third kappa shape index (κ3) is 4.13. The van der Waals surface area contributed by atoms with Crippen molar-refractivity contribution in [3.8, 4) is 11.5 Å². The first-order valence-electron chi connectivity index (χ1n) is 7.10. The maximum atomic E-state index is 12.5. The van der Waals surface area contributed by atoms with Crippen LogP contribution >= 0.6 is 15.9 Å². The second-order valence-electron chi connectivity index (χ2n) is 5.20. The average Bonchev–Trinajstić information content (AvgIpc) is 2.53. The summed E-state index contributed by atoms with van der Waals surface area (Å²) in [6, 6.07) is 3.06. The highest BCUT2D eigenvalue weighted by molar-refractivity contribution is 9.10. The predicted molar refractivity (Wildman–Crippen MR) is 88.0 cm³/mol. The van der Waals surface area contributed by atoms with Crippen LogP contribution in [0.1, 0.15) is 12.8 Å². The number of rotatable bonds is 6. The van der Waals surface area contributed by atoms with E-state index in [-0.39, 0.29) is 4.90 Å². The van der Waals surface area contributed by atoms with Gasteiger partial charge in [-0.1, -0.05) is 0 Å². The van der Waals surface area contributed by atoms with E-state index in [0.29, 0.717) is 28.4 Å². The Labute approximate surface area is 139 Å². The molecule has 0 aromatic heterocycles. The van der Waals surface area contributed by atoms with Crippen molar-refractivity contribution in [2.24, 2.45) is 5.92 Å². The summed E-state index contributed by atoms with van der Waals surface area (Å²) < 4.78 is 38.5. The van der Waals surface area contributed by atoms with E-state index in [0.717, 1.165) is 25.9 Å². The van der Waals surface area contributed by atoms with Crippen LogP contribution < -0.4 is 19.5 Å². The molecule has 0 bridgehead atoms. The summed E-state index contributed by atoms with van der Waals surface area (Å²) >= 11 is 3.29. The Morgan fingerprint density at radius 1 is 1.32 bits per heavy atom. The number of piperidine rings is 1. The van der Waals surface area contributed by atoms with Gasteiger partial charge in [0.2, 0.25) is 10.0 Å². The van der Waals surface area contributed by atoms with E-state index < -0.39 is 10.0 Å². The number of benzene rings is 1. The Balaban J connectivity index is 2.17. The molecule has 0 spiro atoms. The predicted octanol–water partition coefficient (Wildman–Crippen LogP) is 1.74. The van der Waals surface area contributed by atoms with Gasteiger partial charge in [0, 0.05) is 17.1 Å². The molecule has 0 amide bonds. The first-order valence-corrected chi connectivity index (χ1v) is 9.37. The standard InChI is InChI=1S/C14H21BrN2O4S/c1-20-12-6-11(15)14(7-13(12)21-2)22(18,19)17-9-10-4-3-5-16-8-10/h6-7,10,16-17H,3-5,8-9H2,1-2H3/t10-/m1/s1. The first-order chi connectivity index (χ1) is 10.5. The fourth-order valence-corrected chi connectivity index (χ4v) is 4.60. The zero-order chi connectivity index (χ0) is 16.2. The van der Waals surface area contributed by atoms with Gasteiger partial charge in [0.05, 0.1) is 14.2 Å². The number of ether oxygens (including phenoxy) is 2. The summed E-state index contributed by atoms with van der Waals surface area (Å²) in [5.74, 6) is 1.18. The summed E-state index contributed by atoms with van der Waals surface area (Å²) in [6.07, 6.45) is 2.11. The van der Waals surface area contributed by atoms with Crippen LogP contribution in [0.5, 0.6) is 11.5 Å². The lowest BCUT2D eigenvalue weighted by Crippen LogP contribution is -2.38. The number of hydrogen-bond donors (Lipinski definition) is 2. The third-order valence-corrected chi connectivity index (χ3v) is 6.07. The molecule has 1 saturated heterocycles. The summed E-state index contributed by atoms with van der Waals surface area (Å²) in [4.78, 5) is 0.147. The average molecular weight is 393 g/mol. The maximum Gasteiger partial charge on any atom is 0.241 e. The van der Waals surface area contributed by atoms with Crippen molar-refractivity contribution in [2.45, 2.75) is 17.7 Å². The van der Waals surface area contributed by atoms with Crippen molar-refractivity contribution in [3.05, 3.63) is 16.6 Å². The quantitative estimate of drug-likeness (QED) is 0.770. The lowest BCUT2D eigenvalue weighted by Gasteiger charge is -2.23. The molecule has 1 fully saturated rings. The minimum atomic E-state index is -3.61. The summed E-state index contributed by atoms with van der Waals surface area (Å²) in [7, 11) is -0.626. The molecule has 1 heterocycles. The minimum Gasteiger partial charge on any atom is -0.493 e. The molecule has 1 aromatic carbocycles. The fraction of sp³-hybridized carbons (Fsp3) is 0.571. The van der Waals surface area contributed by atoms with Gasteiger partial charge in [-0.3, -0.25) is 0 Å². The lowest BCUT2D eigenvalue weighted by molar-refractivity contribution is 0.353. The zero-order valence-electron chi connectivity index (χ0n) is 12.7. The van der Waals surface area contributed by atoms with Crippen LogP contribution in [0.25, 0.3) is 0 Å². The summed E-state index contributed by atoms with van der Waals surface area (Å²) in [5, 5.41) is 3.27. The van der Waals surface area contributed by atoms with Crippen molar-refractivity contribution in [1.82, 2.24) is 10.0 Å². The number of hydrogen-bond acceptors (Lipinski definition) is 5. The molecule has 1 aromatic rings. The first kappa shape index (κ1) is 17.5. The van der Waals surface area contributed by atoms with Gasteiger partial charge >= 0.3 is 0 Å². The van der Waals surface area contributed by atoms with Crippen LogP contribution in [-0.2, 0) is 10.0 Å². The minimum absolute atomic E-state index is 0.147. The van der Waals surface area contributed by atoms with Crippen LogP contribution in [0, 0.1) is 5.92 Å². The zero-order valence-corrected chi connectivity index (χ0v) is 15.1. The molecule has 0 radical (unpaired) electrons. The third-order valence-electron chi connectivity index (χ3n) is 3.69. The molecule has 124 valence electrons. The molecule has 0 aliphatic carbocycles. The monoisotopic (exact) mass is 392 g/mol. The Morgan fingerprint density at radius 2 is 2.00 bits per heavy atom. The topological polar surface area (TPSA) is 76.7 Å². The molecule has 2 N–H and O–H groups in total. The molecule has 0 unspecified atom stereocenters. The summed E-state index contributed by atoms with van der Waals surface area (Å²) in [5.41, 5.74) is 0. The van der Waals surface area contributed by atoms with E-state index in [9.17, 15) is 8.42 Å². The molecule has 2 rings (SSSR count). The highest BCUT2D eigenvalue weighted by Crippen LogP contribution is 2.35. The number of methoxy groups -OCH3 is 2. The van der Waals surface area contributed by atoms with Crippen LogP contribution in [0.3, 0.4) is 0 Å². The van der Waals surface area contributed by atoms with Crippen molar-refractivity contribution < 1.29 is 17.9 Å². The lowest BCUT2D eigenvalue weighted by atomic mass is 10.0. The van der Waals surface area contributed by atoms with Crippen LogP contribution in [-0.4, -0.2) is 42.3 Å². The molecule has 22 heavy (non-hydrogen) atoms. The van der Waals surface area contributed by atoms with Crippen molar-refractivity contribution in [2.75, 3.05) is 33.9 Å². The van der Waals surface area contributed by atoms with Crippen molar-refractivity contribution in [1.29, 1.82) is 0 Å². The SMILES string of the molecule is COc1cc(Br)c(S(=O)(=O)NC[C@@H]2CCCNC2)cc1OC. The molecule has 1 atom stereocenters.